The number of benzene rings is 1. The number of nitrogens with zero attached hydrogens (tertiary/aromatic N) is 3. The molecule has 0 unspecified atom stereocenters. The van der Waals surface area contributed by atoms with Gasteiger partial charge in [0, 0.05) is 6.20 Å². The Morgan fingerprint density at radius 1 is 1.20 bits per heavy atom. The normalized spacial score (nSPS) is 11.9. The molecule has 0 saturated carbocycles. The molecule has 0 bridgehead atoms. The molecule has 0 atom stereocenters. The monoisotopic (exact) mass is 371 g/mol. The molecule has 0 aliphatic carbocycles. The Morgan fingerprint density at radius 3 is 2.60 bits per heavy atom. The molecule has 0 radical (unpaired) electrons. The second-order valence-corrected chi connectivity index (χ2v) is 6.97. The Labute approximate surface area is 128 Å². The number of fused-ring (bicyclic) bond motifs is 1. The van der Waals surface area contributed by atoms with Gasteiger partial charge in [0.05, 0.1) is 15.6 Å². The fraction of sp³-hybridized carbons (Fsp3) is 0. The van der Waals surface area contributed by atoms with Crippen LogP contribution in [0.1, 0.15) is 0 Å². The van der Waals surface area contributed by atoms with Crippen molar-refractivity contribution >= 4 is 48.6 Å². The van der Waals surface area contributed by atoms with Crippen molar-refractivity contribution in [2.24, 2.45) is 0 Å². The number of hydrogen-bond acceptors (Lipinski definition) is 4. The Kier molecular flexibility index (Phi) is 3.27. The van der Waals surface area contributed by atoms with E-state index in [1.54, 1.807) is 18.2 Å². The zero-order valence-electron chi connectivity index (χ0n) is 9.86. The van der Waals surface area contributed by atoms with E-state index in [1.807, 2.05) is 0 Å². The maximum atomic E-state index is 12.6. The third-order valence-electron chi connectivity index (χ3n) is 2.73. The first-order chi connectivity index (χ1) is 9.50. The molecule has 0 amide bonds. The van der Waals surface area contributed by atoms with Crippen molar-refractivity contribution in [1.82, 2.24) is 13.9 Å². The van der Waals surface area contributed by atoms with Gasteiger partial charge in [0.15, 0.2) is 0 Å². The van der Waals surface area contributed by atoms with E-state index in [9.17, 15) is 8.42 Å². The van der Waals surface area contributed by atoms with Crippen molar-refractivity contribution in [3.63, 3.8) is 0 Å². The molecule has 0 fully saturated rings. The van der Waals surface area contributed by atoms with Gasteiger partial charge in [-0.25, -0.2) is 22.4 Å². The molecule has 0 aliphatic rings. The molecule has 20 heavy (non-hydrogen) atoms. The Balaban J connectivity index is 2.31. The third kappa shape index (κ3) is 2.11. The van der Waals surface area contributed by atoms with Gasteiger partial charge >= 0.3 is 0 Å². The molecule has 0 spiro atoms. The first-order valence-electron chi connectivity index (χ1n) is 5.50. The topological polar surface area (TPSA) is 64.8 Å². The summed E-state index contributed by atoms with van der Waals surface area (Å²) < 4.78 is 26.9. The minimum absolute atomic E-state index is 0.0630. The summed E-state index contributed by atoms with van der Waals surface area (Å²) in [5.74, 6) is 0. The van der Waals surface area contributed by atoms with E-state index in [-0.39, 0.29) is 10.2 Å². The summed E-state index contributed by atoms with van der Waals surface area (Å²) in [5.41, 5.74) is 0.814. The molecule has 0 aliphatic heterocycles. The molecule has 0 saturated heterocycles. The van der Waals surface area contributed by atoms with Crippen LogP contribution in [-0.2, 0) is 10.0 Å². The summed E-state index contributed by atoms with van der Waals surface area (Å²) in [6.45, 7) is 0. The smallest absolute Gasteiger partial charge is 0.237 e. The van der Waals surface area contributed by atoms with E-state index in [0.717, 1.165) is 3.97 Å². The molecule has 3 aromatic rings. The summed E-state index contributed by atoms with van der Waals surface area (Å²) in [6, 6.07) is 8.16. The van der Waals surface area contributed by atoms with E-state index >= 15 is 0 Å². The van der Waals surface area contributed by atoms with Crippen molar-refractivity contribution in [3.8, 4) is 0 Å². The van der Waals surface area contributed by atoms with Gasteiger partial charge < -0.3 is 0 Å². The Hall–Kier alpha value is -1.44. The van der Waals surface area contributed by atoms with Crippen LogP contribution < -0.4 is 0 Å². The Bertz CT molecular complexity index is 894. The lowest BCUT2D eigenvalue weighted by molar-refractivity contribution is 0.589. The van der Waals surface area contributed by atoms with Crippen LogP contribution in [0.4, 0.5) is 0 Å². The van der Waals surface area contributed by atoms with Crippen LogP contribution in [-0.4, -0.2) is 22.4 Å². The molecule has 102 valence electrons. The van der Waals surface area contributed by atoms with Crippen LogP contribution in [0.25, 0.3) is 11.0 Å². The van der Waals surface area contributed by atoms with Crippen LogP contribution in [0.5, 0.6) is 0 Å². The summed E-state index contributed by atoms with van der Waals surface area (Å²) in [4.78, 5) is 8.06. The number of aromatic nitrogens is 3. The minimum atomic E-state index is -3.69. The minimum Gasteiger partial charge on any atom is -0.237 e. The summed E-state index contributed by atoms with van der Waals surface area (Å²) in [7, 11) is -3.69. The number of rotatable bonds is 2. The van der Waals surface area contributed by atoms with Crippen LogP contribution in [0.2, 0.25) is 5.28 Å². The van der Waals surface area contributed by atoms with Gasteiger partial charge in [-0.15, -0.1) is 0 Å². The van der Waals surface area contributed by atoms with Crippen LogP contribution in [0, 0.1) is 0 Å². The predicted molar refractivity (Wildman–Crippen MR) is 79.3 cm³/mol. The molecule has 3 rings (SSSR count). The number of halogens is 2. The van der Waals surface area contributed by atoms with Crippen molar-refractivity contribution < 1.29 is 8.42 Å². The zero-order valence-corrected chi connectivity index (χ0v) is 13.0. The highest BCUT2D eigenvalue weighted by Crippen LogP contribution is 2.28. The van der Waals surface area contributed by atoms with Gasteiger partial charge in [-0.2, -0.15) is 0 Å². The van der Waals surface area contributed by atoms with Crippen molar-refractivity contribution in [2.75, 3.05) is 0 Å². The van der Waals surface area contributed by atoms with Gasteiger partial charge in [-0.05, 0) is 39.7 Å². The van der Waals surface area contributed by atoms with Gasteiger partial charge in [-0.3, -0.25) is 0 Å². The fourth-order valence-electron chi connectivity index (χ4n) is 1.83. The largest absolute Gasteiger partial charge is 0.268 e. The first kappa shape index (κ1) is 13.5. The predicted octanol–water partition coefficient (Wildman–Crippen LogP) is 3.08. The lowest BCUT2D eigenvalue weighted by Gasteiger charge is -2.06. The summed E-state index contributed by atoms with van der Waals surface area (Å²) >= 11 is 9.01. The maximum absolute atomic E-state index is 12.6. The van der Waals surface area contributed by atoms with E-state index in [2.05, 4.69) is 25.9 Å². The van der Waals surface area contributed by atoms with E-state index in [1.165, 1.54) is 24.5 Å². The van der Waals surface area contributed by atoms with Gasteiger partial charge in [0.25, 0.3) is 10.0 Å². The second-order valence-electron chi connectivity index (χ2n) is 3.96. The quantitative estimate of drug-likeness (QED) is 0.648. The number of hydrogen-bond donors (Lipinski definition) is 0. The maximum Gasteiger partial charge on any atom is 0.268 e. The second kappa shape index (κ2) is 4.83. The molecule has 2 aromatic heterocycles. The van der Waals surface area contributed by atoms with Crippen molar-refractivity contribution in [3.05, 3.63) is 52.5 Å². The SMILES string of the molecule is O=S(=O)(c1ccccc1)n1cc(Br)c2nc(Cl)ncc21. The molecule has 0 N–H and O–H groups in total. The fourth-order valence-corrected chi connectivity index (χ4v) is 3.96. The van der Waals surface area contributed by atoms with Crippen molar-refractivity contribution in [2.45, 2.75) is 4.90 Å². The lowest BCUT2D eigenvalue weighted by Crippen LogP contribution is -2.11. The molecule has 2 heterocycles. The zero-order chi connectivity index (χ0) is 14.3. The third-order valence-corrected chi connectivity index (χ3v) is 5.18. The average Bonchev–Trinajstić information content (AvgIpc) is 2.77. The van der Waals surface area contributed by atoms with Crippen LogP contribution >= 0.6 is 27.5 Å². The standard InChI is InChI=1S/C12H7BrClN3O2S/c13-9-7-17(10-6-15-12(14)16-11(9)10)20(18,19)8-4-2-1-3-5-8/h1-7H. The van der Waals surface area contributed by atoms with Crippen molar-refractivity contribution in [1.29, 1.82) is 0 Å². The molecule has 8 heteroatoms. The molecular weight excluding hydrogens is 366 g/mol. The first-order valence-corrected chi connectivity index (χ1v) is 8.11. The van der Waals surface area contributed by atoms with E-state index < -0.39 is 10.0 Å². The summed E-state index contributed by atoms with van der Waals surface area (Å²) in [5, 5.41) is 0.0630. The highest BCUT2D eigenvalue weighted by Gasteiger charge is 2.21. The highest BCUT2D eigenvalue weighted by atomic mass is 79.9. The molecule has 5 nitrogen and oxygen atoms in total. The molecular formula is C12H7BrClN3O2S. The van der Waals surface area contributed by atoms with Gasteiger partial charge in [-0.1, -0.05) is 18.2 Å². The van der Waals surface area contributed by atoms with Crippen LogP contribution in [0.3, 0.4) is 0 Å². The van der Waals surface area contributed by atoms with E-state index in [4.69, 9.17) is 11.6 Å². The Morgan fingerprint density at radius 2 is 1.90 bits per heavy atom. The van der Waals surface area contributed by atoms with Crippen LogP contribution in [0.15, 0.2) is 52.1 Å². The average molecular weight is 373 g/mol. The lowest BCUT2D eigenvalue weighted by atomic mass is 10.4. The van der Waals surface area contributed by atoms with Gasteiger partial charge in [0.2, 0.25) is 5.28 Å². The summed E-state index contributed by atoms with van der Waals surface area (Å²) in [6.07, 6.45) is 2.83. The highest BCUT2D eigenvalue weighted by molar-refractivity contribution is 9.10. The van der Waals surface area contributed by atoms with Gasteiger partial charge in [0.1, 0.15) is 11.0 Å². The van der Waals surface area contributed by atoms with E-state index in [0.29, 0.717) is 15.5 Å². The molecule has 1 aromatic carbocycles.